The van der Waals surface area contributed by atoms with Gasteiger partial charge in [0.25, 0.3) is 0 Å². The minimum absolute atomic E-state index is 0.310. The van der Waals surface area contributed by atoms with Crippen LogP contribution in [0, 0.1) is 13.8 Å². The number of hydrogen-bond acceptors (Lipinski definition) is 2. The van der Waals surface area contributed by atoms with Gasteiger partial charge in [0.2, 0.25) is 0 Å². The number of rotatable bonds is 2. The zero-order chi connectivity index (χ0) is 10.0. The molecule has 13 heavy (non-hydrogen) atoms. The van der Waals surface area contributed by atoms with Crippen LogP contribution in [-0.2, 0) is 4.74 Å². The second-order valence-corrected chi connectivity index (χ2v) is 3.08. The minimum atomic E-state index is 0.310. The van der Waals surface area contributed by atoms with Crippen molar-refractivity contribution >= 4 is 5.76 Å². The van der Waals surface area contributed by atoms with Crippen molar-refractivity contribution in [2.45, 2.75) is 13.8 Å². The van der Waals surface area contributed by atoms with Crippen molar-refractivity contribution in [3.8, 4) is 5.75 Å². The molecule has 0 unspecified atom stereocenters. The summed E-state index contributed by atoms with van der Waals surface area (Å²) in [5.41, 5.74) is 2.74. The summed E-state index contributed by atoms with van der Waals surface area (Å²) in [5.74, 6) is 0.936. The van der Waals surface area contributed by atoms with Gasteiger partial charge in [-0.2, -0.15) is 0 Å². The van der Waals surface area contributed by atoms with Crippen molar-refractivity contribution in [2.24, 2.45) is 0 Å². The van der Waals surface area contributed by atoms with E-state index in [1.165, 1.54) is 0 Å². The quantitative estimate of drug-likeness (QED) is 0.705. The number of phenolic OH excluding ortho intramolecular Hbond substituents is 1. The number of benzene rings is 1. The first-order valence-electron chi connectivity index (χ1n) is 4.09. The topological polar surface area (TPSA) is 29.5 Å². The van der Waals surface area contributed by atoms with Crippen LogP contribution in [0.15, 0.2) is 18.7 Å². The summed E-state index contributed by atoms with van der Waals surface area (Å²) in [4.78, 5) is 0. The highest BCUT2D eigenvalue weighted by Gasteiger charge is 2.06. The van der Waals surface area contributed by atoms with Crippen LogP contribution in [0.4, 0.5) is 0 Å². The molecular formula is C11H14O2. The van der Waals surface area contributed by atoms with Crippen molar-refractivity contribution in [3.63, 3.8) is 0 Å². The molecule has 0 bridgehead atoms. The van der Waals surface area contributed by atoms with Gasteiger partial charge in [0.15, 0.2) is 0 Å². The van der Waals surface area contributed by atoms with E-state index in [0.29, 0.717) is 11.5 Å². The fraction of sp³-hybridized carbons (Fsp3) is 0.273. The van der Waals surface area contributed by atoms with Gasteiger partial charge in [0, 0.05) is 5.56 Å². The van der Waals surface area contributed by atoms with Crippen LogP contribution in [0.25, 0.3) is 5.76 Å². The second-order valence-electron chi connectivity index (χ2n) is 3.08. The summed E-state index contributed by atoms with van der Waals surface area (Å²) in [6.45, 7) is 7.53. The maximum absolute atomic E-state index is 9.41. The summed E-state index contributed by atoms with van der Waals surface area (Å²) >= 11 is 0. The van der Waals surface area contributed by atoms with Gasteiger partial charge >= 0.3 is 0 Å². The Morgan fingerprint density at radius 2 is 1.92 bits per heavy atom. The maximum Gasteiger partial charge on any atom is 0.119 e. The monoisotopic (exact) mass is 178 g/mol. The molecule has 0 spiro atoms. The van der Waals surface area contributed by atoms with Crippen LogP contribution < -0.4 is 0 Å². The van der Waals surface area contributed by atoms with E-state index < -0.39 is 0 Å². The molecule has 0 saturated carbocycles. The first-order valence-corrected chi connectivity index (χ1v) is 4.09. The SMILES string of the molecule is C=C(OC)c1cc(C)c(O)cc1C. The predicted molar refractivity (Wildman–Crippen MR) is 53.6 cm³/mol. The van der Waals surface area contributed by atoms with E-state index >= 15 is 0 Å². The molecule has 70 valence electrons. The molecule has 0 amide bonds. The molecule has 1 N–H and O–H groups in total. The van der Waals surface area contributed by atoms with Gasteiger partial charge in [-0.15, -0.1) is 0 Å². The molecule has 1 aromatic carbocycles. The molecule has 0 saturated heterocycles. The fourth-order valence-electron chi connectivity index (χ4n) is 1.21. The molecule has 0 atom stereocenters. The molecule has 0 aliphatic heterocycles. The average Bonchev–Trinajstić information content (AvgIpc) is 2.10. The summed E-state index contributed by atoms with van der Waals surface area (Å²) in [5, 5.41) is 9.41. The third kappa shape index (κ3) is 1.83. The first-order chi connectivity index (χ1) is 6.06. The van der Waals surface area contributed by atoms with Crippen LogP contribution in [0.2, 0.25) is 0 Å². The highest BCUT2D eigenvalue weighted by molar-refractivity contribution is 5.63. The Kier molecular flexibility index (Phi) is 2.61. The molecule has 0 radical (unpaired) electrons. The number of ether oxygens (including phenoxy) is 1. The molecule has 1 rings (SSSR count). The van der Waals surface area contributed by atoms with Crippen molar-refractivity contribution < 1.29 is 9.84 Å². The normalized spacial score (nSPS) is 9.77. The second kappa shape index (κ2) is 3.52. The van der Waals surface area contributed by atoms with Gasteiger partial charge in [0.1, 0.15) is 11.5 Å². The lowest BCUT2D eigenvalue weighted by Gasteiger charge is -2.10. The molecule has 0 aliphatic carbocycles. The van der Waals surface area contributed by atoms with E-state index in [1.54, 1.807) is 13.2 Å². The van der Waals surface area contributed by atoms with Gasteiger partial charge in [-0.1, -0.05) is 6.58 Å². The Morgan fingerprint density at radius 3 is 2.46 bits per heavy atom. The summed E-state index contributed by atoms with van der Waals surface area (Å²) in [6, 6.07) is 3.59. The van der Waals surface area contributed by atoms with E-state index in [0.717, 1.165) is 16.7 Å². The van der Waals surface area contributed by atoms with Crippen LogP contribution in [0.3, 0.4) is 0 Å². The van der Waals surface area contributed by atoms with E-state index in [2.05, 4.69) is 6.58 Å². The zero-order valence-electron chi connectivity index (χ0n) is 8.22. The fourth-order valence-corrected chi connectivity index (χ4v) is 1.21. The van der Waals surface area contributed by atoms with E-state index in [9.17, 15) is 5.11 Å². The maximum atomic E-state index is 9.41. The van der Waals surface area contributed by atoms with Gasteiger partial charge in [-0.3, -0.25) is 0 Å². The lowest BCUT2D eigenvalue weighted by atomic mass is 10.0. The number of aryl methyl sites for hydroxylation is 2. The lowest BCUT2D eigenvalue weighted by Crippen LogP contribution is -1.91. The van der Waals surface area contributed by atoms with E-state index in [4.69, 9.17) is 4.74 Å². The number of hydrogen-bond donors (Lipinski definition) is 1. The van der Waals surface area contributed by atoms with Crippen LogP contribution in [-0.4, -0.2) is 12.2 Å². The van der Waals surface area contributed by atoms with Crippen molar-refractivity contribution in [1.82, 2.24) is 0 Å². The molecular weight excluding hydrogens is 164 g/mol. The van der Waals surface area contributed by atoms with Crippen LogP contribution in [0.1, 0.15) is 16.7 Å². The van der Waals surface area contributed by atoms with Gasteiger partial charge < -0.3 is 9.84 Å². The number of phenols is 1. The highest BCUT2D eigenvalue weighted by atomic mass is 16.5. The zero-order valence-corrected chi connectivity index (χ0v) is 8.22. The largest absolute Gasteiger partial charge is 0.508 e. The van der Waals surface area contributed by atoms with Gasteiger partial charge in [0.05, 0.1) is 7.11 Å². The van der Waals surface area contributed by atoms with E-state index in [1.807, 2.05) is 19.9 Å². The van der Waals surface area contributed by atoms with Crippen molar-refractivity contribution in [2.75, 3.05) is 7.11 Å². The molecule has 0 aliphatic rings. The predicted octanol–water partition coefficient (Wildman–Crippen LogP) is 2.63. The van der Waals surface area contributed by atoms with E-state index in [-0.39, 0.29) is 0 Å². The number of methoxy groups -OCH3 is 1. The van der Waals surface area contributed by atoms with Crippen molar-refractivity contribution in [3.05, 3.63) is 35.4 Å². The Hall–Kier alpha value is -1.44. The lowest BCUT2D eigenvalue weighted by molar-refractivity contribution is 0.371. The Labute approximate surface area is 78.5 Å². The highest BCUT2D eigenvalue weighted by Crippen LogP contribution is 2.25. The van der Waals surface area contributed by atoms with Crippen molar-refractivity contribution in [1.29, 1.82) is 0 Å². The van der Waals surface area contributed by atoms with Crippen LogP contribution in [0.5, 0.6) is 5.75 Å². The third-order valence-corrected chi connectivity index (χ3v) is 2.09. The van der Waals surface area contributed by atoms with Gasteiger partial charge in [-0.25, -0.2) is 0 Å². The Balaban J connectivity index is 3.23. The Bertz CT molecular complexity index is 340. The molecule has 2 heteroatoms. The number of aromatic hydroxyl groups is 1. The third-order valence-electron chi connectivity index (χ3n) is 2.09. The minimum Gasteiger partial charge on any atom is -0.508 e. The molecule has 2 nitrogen and oxygen atoms in total. The molecule has 1 aromatic rings. The first kappa shape index (κ1) is 9.65. The molecule has 0 heterocycles. The standard InChI is InChI=1S/C11H14O2/c1-7-6-11(12)8(2)5-10(7)9(3)13-4/h5-6,12H,3H2,1-2,4H3. The van der Waals surface area contributed by atoms with Gasteiger partial charge in [-0.05, 0) is 37.1 Å². The summed E-state index contributed by atoms with van der Waals surface area (Å²) in [6.07, 6.45) is 0. The molecule has 0 fully saturated rings. The smallest absolute Gasteiger partial charge is 0.119 e. The van der Waals surface area contributed by atoms with Crippen LogP contribution >= 0.6 is 0 Å². The average molecular weight is 178 g/mol. The summed E-state index contributed by atoms with van der Waals surface area (Å²) < 4.78 is 5.04. The molecule has 0 aromatic heterocycles. The summed E-state index contributed by atoms with van der Waals surface area (Å²) in [7, 11) is 1.59. The Morgan fingerprint density at radius 1 is 1.31 bits per heavy atom.